The third-order valence-corrected chi connectivity index (χ3v) is 3.55. The van der Waals surface area contributed by atoms with Crippen LogP contribution in [0, 0.1) is 27.7 Å². The highest BCUT2D eigenvalue weighted by molar-refractivity contribution is 6.31. The van der Waals surface area contributed by atoms with Gasteiger partial charge in [-0.05, 0) is 27.7 Å². The minimum absolute atomic E-state index is 0.531. The maximum Gasteiger partial charge on any atom is 0.133 e. The average molecular weight is 254 g/mol. The van der Waals surface area contributed by atoms with Crippen molar-refractivity contribution >= 4 is 17.3 Å². The summed E-state index contributed by atoms with van der Waals surface area (Å²) < 4.78 is 3.66. The molecule has 0 aromatic carbocycles. The van der Waals surface area contributed by atoms with Crippen LogP contribution in [0.1, 0.15) is 22.8 Å². The molecule has 17 heavy (non-hydrogen) atoms. The quantitative estimate of drug-likeness (QED) is 0.891. The van der Waals surface area contributed by atoms with Gasteiger partial charge in [-0.1, -0.05) is 11.6 Å². The van der Waals surface area contributed by atoms with Crippen LogP contribution in [0.15, 0.2) is 0 Å². The first-order valence-electron chi connectivity index (χ1n) is 5.40. The molecule has 0 saturated heterocycles. The van der Waals surface area contributed by atoms with E-state index < -0.39 is 0 Å². The summed E-state index contributed by atoms with van der Waals surface area (Å²) >= 11 is 6.10. The van der Waals surface area contributed by atoms with Gasteiger partial charge in [-0.25, -0.2) is 9.36 Å². The van der Waals surface area contributed by atoms with Crippen LogP contribution >= 0.6 is 11.6 Å². The molecule has 0 atom stereocenters. The first kappa shape index (κ1) is 12.0. The van der Waals surface area contributed by atoms with E-state index >= 15 is 0 Å². The van der Waals surface area contributed by atoms with Gasteiger partial charge < -0.3 is 5.73 Å². The van der Waals surface area contributed by atoms with E-state index in [4.69, 9.17) is 17.3 Å². The van der Waals surface area contributed by atoms with E-state index in [1.54, 1.807) is 0 Å². The molecule has 0 unspecified atom stereocenters. The number of nitrogens with two attached hydrogens (primary N) is 1. The summed E-state index contributed by atoms with van der Waals surface area (Å²) in [7, 11) is 0. The molecular formula is C11H16ClN5. The topological polar surface area (TPSA) is 61.7 Å². The molecule has 0 aliphatic rings. The van der Waals surface area contributed by atoms with E-state index in [0.29, 0.717) is 11.7 Å². The molecule has 92 valence electrons. The highest BCUT2D eigenvalue weighted by atomic mass is 35.5. The first-order valence-corrected chi connectivity index (χ1v) is 5.78. The molecule has 0 radical (unpaired) electrons. The Labute approximate surface area is 105 Å². The lowest BCUT2D eigenvalue weighted by Crippen LogP contribution is -2.13. The van der Waals surface area contributed by atoms with Crippen molar-refractivity contribution in [3.05, 3.63) is 27.8 Å². The molecule has 0 bridgehead atoms. The standard InChI is InChI=1S/C11H16ClN5/c1-6-10(12)8(3)16(14-6)5-17-9(4)11(13)7(2)15-17/h5,13H2,1-4H3. The average Bonchev–Trinajstić information content (AvgIpc) is 2.66. The number of aromatic nitrogens is 4. The molecule has 0 fully saturated rings. The molecule has 0 aliphatic heterocycles. The summed E-state index contributed by atoms with van der Waals surface area (Å²) in [6.45, 7) is 8.21. The van der Waals surface area contributed by atoms with Gasteiger partial charge in [-0.15, -0.1) is 0 Å². The Balaban J connectivity index is 2.38. The molecule has 6 heteroatoms. The predicted molar refractivity (Wildman–Crippen MR) is 68.2 cm³/mol. The predicted octanol–water partition coefficient (Wildman–Crippen LogP) is 2.05. The van der Waals surface area contributed by atoms with Crippen LogP contribution in [0.25, 0.3) is 0 Å². The summed E-state index contributed by atoms with van der Waals surface area (Å²) in [6, 6.07) is 0. The molecule has 0 aliphatic carbocycles. The van der Waals surface area contributed by atoms with Crippen LogP contribution in [0.2, 0.25) is 5.02 Å². The normalized spacial score (nSPS) is 11.1. The largest absolute Gasteiger partial charge is 0.396 e. The number of anilines is 1. The van der Waals surface area contributed by atoms with E-state index in [0.717, 1.165) is 28.5 Å². The van der Waals surface area contributed by atoms with Crippen LogP contribution < -0.4 is 5.73 Å². The van der Waals surface area contributed by atoms with Crippen molar-refractivity contribution in [3.8, 4) is 0 Å². The Morgan fingerprint density at radius 1 is 1.00 bits per heavy atom. The monoisotopic (exact) mass is 253 g/mol. The smallest absolute Gasteiger partial charge is 0.133 e. The Kier molecular flexibility index (Phi) is 2.87. The zero-order chi connectivity index (χ0) is 12.7. The molecule has 2 aromatic rings. The van der Waals surface area contributed by atoms with Crippen LogP contribution in [-0.2, 0) is 6.67 Å². The molecule has 0 amide bonds. The van der Waals surface area contributed by atoms with Crippen molar-refractivity contribution in [1.29, 1.82) is 0 Å². The van der Waals surface area contributed by atoms with E-state index in [1.165, 1.54) is 0 Å². The van der Waals surface area contributed by atoms with Crippen molar-refractivity contribution in [1.82, 2.24) is 19.6 Å². The SMILES string of the molecule is Cc1nn(Cn2nc(C)c(Cl)c2C)c(C)c1N. The van der Waals surface area contributed by atoms with E-state index in [9.17, 15) is 0 Å². The number of nitrogens with zero attached hydrogens (tertiary/aromatic N) is 4. The Morgan fingerprint density at radius 3 is 1.94 bits per heavy atom. The molecule has 2 rings (SSSR count). The van der Waals surface area contributed by atoms with E-state index in [2.05, 4.69) is 10.2 Å². The molecule has 5 nitrogen and oxygen atoms in total. The maximum atomic E-state index is 6.10. The second-order valence-corrected chi connectivity index (χ2v) is 4.59. The molecule has 2 N–H and O–H groups in total. The zero-order valence-electron chi connectivity index (χ0n) is 10.5. The number of nitrogen functional groups attached to an aromatic ring is 1. The number of aryl methyl sites for hydroxylation is 2. The van der Waals surface area contributed by atoms with Gasteiger partial charge in [0.1, 0.15) is 6.67 Å². The number of rotatable bonds is 2. The third kappa shape index (κ3) is 1.91. The molecule has 2 aromatic heterocycles. The van der Waals surface area contributed by atoms with Crippen molar-refractivity contribution in [3.63, 3.8) is 0 Å². The molecule has 2 heterocycles. The van der Waals surface area contributed by atoms with Gasteiger partial charge in [-0.2, -0.15) is 10.2 Å². The Morgan fingerprint density at radius 2 is 1.53 bits per heavy atom. The van der Waals surface area contributed by atoms with Gasteiger partial charge in [0, 0.05) is 0 Å². The van der Waals surface area contributed by atoms with Gasteiger partial charge >= 0.3 is 0 Å². The molecule has 0 spiro atoms. The lowest BCUT2D eigenvalue weighted by Gasteiger charge is -2.06. The minimum Gasteiger partial charge on any atom is -0.396 e. The van der Waals surface area contributed by atoms with Crippen molar-refractivity contribution in [2.75, 3.05) is 5.73 Å². The van der Waals surface area contributed by atoms with E-state index in [1.807, 2.05) is 37.1 Å². The maximum absolute atomic E-state index is 6.10. The second-order valence-electron chi connectivity index (χ2n) is 4.21. The second kappa shape index (κ2) is 4.07. The van der Waals surface area contributed by atoms with Crippen LogP contribution in [0.3, 0.4) is 0 Å². The zero-order valence-corrected chi connectivity index (χ0v) is 11.2. The van der Waals surface area contributed by atoms with Crippen LogP contribution in [-0.4, -0.2) is 19.6 Å². The van der Waals surface area contributed by atoms with Gasteiger partial charge in [0.15, 0.2) is 0 Å². The molecule has 0 saturated carbocycles. The number of hydrogen-bond acceptors (Lipinski definition) is 3. The highest BCUT2D eigenvalue weighted by Gasteiger charge is 2.12. The van der Waals surface area contributed by atoms with Crippen LogP contribution in [0.5, 0.6) is 0 Å². The fourth-order valence-corrected chi connectivity index (χ4v) is 1.92. The number of hydrogen-bond donors (Lipinski definition) is 1. The Bertz CT molecular complexity index is 517. The number of halogens is 1. The summed E-state index contributed by atoms with van der Waals surface area (Å²) in [6.07, 6.45) is 0. The van der Waals surface area contributed by atoms with Gasteiger partial charge in [0.2, 0.25) is 0 Å². The van der Waals surface area contributed by atoms with Gasteiger partial charge in [-0.3, -0.25) is 0 Å². The first-order chi connectivity index (χ1) is 7.91. The van der Waals surface area contributed by atoms with Crippen molar-refractivity contribution < 1.29 is 0 Å². The van der Waals surface area contributed by atoms with Crippen molar-refractivity contribution in [2.24, 2.45) is 0 Å². The summed E-state index contributed by atoms with van der Waals surface area (Å²) in [4.78, 5) is 0. The van der Waals surface area contributed by atoms with Crippen molar-refractivity contribution in [2.45, 2.75) is 34.4 Å². The lowest BCUT2D eigenvalue weighted by molar-refractivity contribution is 0.481. The van der Waals surface area contributed by atoms with Gasteiger partial charge in [0.05, 0.1) is 33.5 Å². The molecular weight excluding hydrogens is 238 g/mol. The van der Waals surface area contributed by atoms with E-state index in [-0.39, 0.29) is 0 Å². The fraction of sp³-hybridized carbons (Fsp3) is 0.455. The van der Waals surface area contributed by atoms with Crippen LogP contribution in [0.4, 0.5) is 5.69 Å². The summed E-state index contributed by atoms with van der Waals surface area (Å²) in [5.41, 5.74) is 10.2. The Hall–Kier alpha value is -1.49. The fourth-order valence-electron chi connectivity index (χ4n) is 1.79. The van der Waals surface area contributed by atoms with Gasteiger partial charge in [0.25, 0.3) is 0 Å². The lowest BCUT2D eigenvalue weighted by atomic mass is 10.3. The summed E-state index contributed by atoms with van der Waals surface area (Å²) in [5, 5.41) is 9.45. The highest BCUT2D eigenvalue weighted by Crippen LogP contribution is 2.20. The minimum atomic E-state index is 0.531. The summed E-state index contributed by atoms with van der Waals surface area (Å²) in [5.74, 6) is 0. The third-order valence-electron chi connectivity index (χ3n) is 3.00.